The Labute approximate surface area is 223 Å². The number of aliphatic hydroxyl groups is 1. The summed E-state index contributed by atoms with van der Waals surface area (Å²) in [5.74, 6) is -0.860. The molecule has 38 heavy (non-hydrogen) atoms. The number of nitrogens with zero attached hydrogens (tertiary/aromatic N) is 1. The molecule has 1 saturated carbocycles. The molecule has 1 fully saturated rings. The van der Waals surface area contributed by atoms with E-state index in [4.69, 9.17) is 31.5 Å². The average molecular weight is 544 g/mol. The van der Waals surface area contributed by atoms with Crippen LogP contribution in [0.1, 0.15) is 28.9 Å². The van der Waals surface area contributed by atoms with Crippen molar-refractivity contribution in [3.8, 4) is 28.5 Å². The monoisotopic (exact) mass is 543 g/mol. The predicted octanol–water partition coefficient (Wildman–Crippen LogP) is 3.45. The van der Waals surface area contributed by atoms with E-state index in [1.807, 2.05) is 0 Å². The number of pyridine rings is 1. The zero-order valence-corrected chi connectivity index (χ0v) is 21.5. The summed E-state index contributed by atoms with van der Waals surface area (Å²) in [6.45, 7) is -0.445. The van der Waals surface area contributed by atoms with E-state index < -0.39 is 23.2 Å². The summed E-state index contributed by atoms with van der Waals surface area (Å²) in [7, 11) is 2.89. The van der Waals surface area contributed by atoms with E-state index in [-0.39, 0.29) is 41.2 Å². The summed E-state index contributed by atoms with van der Waals surface area (Å²) < 4.78 is 29.7. The summed E-state index contributed by atoms with van der Waals surface area (Å²) >= 11 is 5.98. The lowest BCUT2D eigenvalue weighted by Crippen LogP contribution is -2.43. The molecule has 0 spiro atoms. The van der Waals surface area contributed by atoms with Crippen molar-refractivity contribution in [1.29, 1.82) is 0 Å². The van der Waals surface area contributed by atoms with Crippen molar-refractivity contribution >= 4 is 23.4 Å². The molecule has 11 heteroatoms. The maximum Gasteiger partial charge on any atom is 0.255 e. The summed E-state index contributed by atoms with van der Waals surface area (Å²) in [5, 5.41) is 14.4. The van der Waals surface area contributed by atoms with Crippen LogP contribution in [0.2, 0.25) is 5.02 Å². The Morgan fingerprint density at radius 2 is 1.82 bits per heavy atom. The molecule has 1 atom stereocenters. The minimum atomic E-state index is -1.46. The molecule has 0 aliphatic heterocycles. The van der Waals surface area contributed by atoms with Gasteiger partial charge in [-0.15, -0.1) is 0 Å². The highest BCUT2D eigenvalue weighted by molar-refractivity contribution is 6.31. The average Bonchev–Trinajstić information content (AvgIpc) is 3.77. The standard InChI is InChI=1S/C27H27ClFN3O6/c1-36-21-9-10-23(32-25(21)15-3-7-19(29)18(28)11-15)27(35,17-5-6-17)14-31-26(34)16-4-8-20(22(12-16)37-2)38-13-24(30)33/h3-4,7-12,17,35H,5-6,13-14H2,1-2H3,(H2,30,33)(H,31,34)/t27-/m1/s1. The second-order valence-corrected chi connectivity index (χ2v) is 9.29. The van der Waals surface area contributed by atoms with Gasteiger partial charge in [0.05, 0.1) is 31.5 Å². The number of ether oxygens (including phenoxy) is 3. The SMILES string of the molecule is COc1cc(C(=O)NC[C@](O)(c2ccc(OC)c(-c3ccc(F)c(Cl)c3)n2)C2CC2)ccc1OCC(N)=O. The lowest BCUT2D eigenvalue weighted by molar-refractivity contribution is -0.119. The van der Waals surface area contributed by atoms with Gasteiger partial charge in [0, 0.05) is 11.1 Å². The molecule has 200 valence electrons. The van der Waals surface area contributed by atoms with Gasteiger partial charge < -0.3 is 30.4 Å². The first kappa shape index (κ1) is 27.2. The molecule has 0 unspecified atom stereocenters. The summed E-state index contributed by atoms with van der Waals surface area (Å²) in [4.78, 5) is 28.7. The molecule has 2 aromatic carbocycles. The first-order chi connectivity index (χ1) is 18.2. The van der Waals surface area contributed by atoms with E-state index in [1.165, 1.54) is 50.6 Å². The lowest BCUT2D eigenvalue weighted by Gasteiger charge is -2.29. The number of hydrogen-bond donors (Lipinski definition) is 3. The molecule has 0 radical (unpaired) electrons. The van der Waals surface area contributed by atoms with E-state index in [0.29, 0.717) is 22.7 Å². The maximum absolute atomic E-state index is 13.7. The number of nitrogens with two attached hydrogens (primary N) is 1. The zero-order valence-electron chi connectivity index (χ0n) is 20.8. The van der Waals surface area contributed by atoms with Crippen LogP contribution in [0, 0.1) is 11.7 Å². The van der Waals surface area contributed by atoms with Crippen LogP contribution in [0.25, 0.3) is 11.3 Å². The van der Waals surface area contributed by atoms with Gasteiger partial charge in [-0.25, -0.2) is 9.37 Å². The third kappa shape index (κ3) is 5.81. The summed E-state index contributed by atoms with van der Waals surface area (Å²) in [6.07, 6.45) is 1.52. The first-order valence-corrected chi connectivity index (χ1v) is 12.1. The number of primary amides is 1. The van der Waals surface area contributed by atoms with Gasteiger partial charge in [-0.3, -0.25) is 9.59 Å². The highest BCUT2D eigenvalue weighted by Crippen LogP contribution is 2.46. The van der Waals surface area contributed by atoms with Crippen molar-refractivity contribution < 1.29 is 33.3 Å². The number of nitrogens with one attached hydrogen (secondary N) is 1. The molecule has 4 rings (SSSR count). The van der Waals surface area contributed by atoms with Crippen LogP contribution in [-0.2, 0) is 10.4 Å². The topological polar surface area (TPSA) is 133 Å². The van der Waals surface area contributed by atoms with Crippen LogP contribution < -0.4 is 25.3 Å². The van der Waals surface area contributed by atoms with E-state index in [0.717, 1.165) is 12.8 Å². The normalized spacial score (nSPS) is 14.3. The Kier molecular flexibility index (Phi) is 8.03. The Bertz CT molecular complexity index is 1370. The van der Waals surface area contributed by atoms with Crippen LogP contribution in [0.15, 0.2) is 48.5 Å². The quantitative estimate of drug-likeness (QED) is 0.337. The van der Waals surface area contributed by atoms with Crippen LogP contribution in [0.4, 0.5) is 4.39 Å². The second-order valence-electron chi connectivity index (χ2n) is 8.88. The van der Waals surface area contributed by atoms with Gasteiger partial charge in [0.15, 0.2) is 18.1 Å². The van der Waals surface area contributed by atoms with Crippen molar-refractivity contribution in [2.24, 2.45) is 11.7 Å². The van der Waals surface area contributed by atoms with E-state index >= 15 is 0 Å². The number of benzene rings is 2. The highest BCUT2D eigenvalue weighted by atomic mass is 35.5. The largest absolute Gasteiger partial charge is 0.494 e. The fourth-order valence-electron chi connectivity index (χ4n) is 4.10. The van der Waals surface area contributed by atoms with Gasteiger partial charge in [0.2, 0.25) is 0 Å². The molecule has 4 N–H and O–H groups in total. The van der Waals surface area contributed by atoms with Gasteiger partial charge in [-0.1, -0.05) is 11.6 Å². The number of aromatic nitrogens is 1. The Hall–Kier alpha value is -3.89. The van der Waals surface area contributed by atoms with Gasteiger partial charge in [-0.2, -0.15) is 0 Å². The van der Waals surface area contributed by atoms with Crippen molar-refractivity contribution in [1.82, 2.24) is 10.3 Å². The lowest BCUT2D eigenvalue weighted by atomic mass is 9.92. The molecule has 9 nitrogen and oxygen atoms in total. The summed E-state index contributed by atoms with van der Waals surface area (Å²) in [6, 6.07) is 12.0. The molecule has 1 heterocycles. The van der Waals surface area contributed by atoms with Gasteiger partial charge >= 0.3 is 0 Å². The van der Waals surface area contributed by atoms with Crippen molar-refractivity contribution in [3.63, 3.8) is 0 Å². The molecular weight excluding hydrogens is 517 g/mol. The molecular formula is C27H27ClFN3O6. The molecule has 1 aliphatic carbocycles. The highest BCUT2D eigenvalue weighted by Gasteiger charge is 2.46. The number of hydrogen-bond acceptors (Lipinski definition) is 7. The maximum atomic E-state index is 13.7. The van der Waals surface area contributed by atoms with Gasteiger partial charge in [-0.05, 0) is 67.3 Å². The fraction of sp³-hybridized carbons (Fsp3) is 0.296. The molecule has 0 bridgehead atoms. The van der Waals surface area contributed by atoms with Crippen LogP contribution in [0.5, 0.6) is 17.2 Å². The molecule has 1 aromatic heterocycles. The van der Waals surface area contributed by atoms with Gasteiger partial charge in [0.25, 0.3) is 11.8 Å². The third-order valence-electron chi connectivity index (χ3n) is 6.28. The molecule has 2 amide bonds. The van der Waals surface area contributed by atoms with E-state index in [2.05, 4.69) is 10.3 Å². The molecule has 3 aromatic rings. The predicted molar refractivity (Wildman–Crippen MR) is 138 cm³/mol. The molecule has 0 saturated heterocycles. The van der Waals surface area contributed by atoms with Crippen LogP contribution >= 0.6 is 11.6 Å². The van der Waals surface area contributed by atoms with Gasteiger partial charge in [0.1, 0.15) is 22.9 Å². The zero-order chi connectivity index (χ0) is 27.4. The number of carbonyl (C=O) groups is 2. The second kappa shape index (κ2) is 11.2. The Balaban J connectivity index is 1.58. The van der Waals surface area contributed by atoms with Crippen LogP contribution in [0.3, 0.4) is 0 Å². The smallest absolute Gasteiger partial charge is 0.255 e. The minimum absolute atomic E-state index is 0.0667. The number of halogens is 2. The van der Waals surface area contributed by atoms with Crippen molar-refractivity contribution in [2.45, 2.75) is 18.4 Å². The Morgan fingerprint density at radius 3 is 2.45 bits per heavy atom. The number of amides is 2. The minimum Gasteiger partial charge on any atom is -0.494 e. The van der Waals surface area contributed by atoms with Crippen LogP contribution in [-0.4, -0.2) is 49.3 Å². The Morgan fingerprint density at radius 1 is 1.11 bits per heavy atom. The van der Waals surface area contributed by atoms with E-state index in [1.54, 1.807) is 12.1 Å². The van der Waals surface area contributed by atoms with E-state index in [9.17, 15) is 19.1 Å². The summed E-state index contributed by atoms with van der Waals surface area (Å²) in [5.41, 5.74) is 5.15. The van der Waals surface area contributed by atoms with Crippen molar-refractivity contribution in [2.75, 3.05) is 27.4 Å². The number of carbonyl (C=O) groups excluding carboxylic acids is 2. The molecule has 1 aliphatic rings. The fourth-order valence-corrected chi connectivity index (χ4v) is 4.28. The first-order valence-electron chi connectivity index (χ1n) is 11.8. The number of rotatable bonds is 11. The third-order valence-corrected chi connectivity index (χ3v) is 6.57. The van der Waals surface area contributed by atoms with Crippen molar-refractivity contribution in [3.05, 3.63) is 70.6 Å². The number of methoxy groups -OCH3 is 2.